The molecule has 0 saturated heterocycles. The van der Waals surface area contributed by atoms with Crippen LogP contribution in [0.1, 0.15) is 57.3 Å². The molecule has 1 aromatic heterocycles. The molecule has 0 bridgehead atoms. The van der Waals surface area contributed by atoms with E-state index in [4.69, 9.17) is 0 Å². The van der Waals surface area contributed by atoms with Crippen LogP contribution in [0.25, 0.3) is 0 Å². The highest BCUT2D eigenvalue weighted by Crippen LogP contribution is 2.36. The van der Waals surface area contributed by atoms with Crippen molar-refractivity contribution in [2.45, 2.75) is 77.0 Å². The molecule has 1 aliphatic carbocycles. The summed E-state index contributed by atoms with van der Waals surface area (Å²) in [5.74, 6) is 0. The summed E-state index contributed by atoms with van der Waals surface area (Å²) in [6, 6.07) is 2.17. The van der Waals surface area contributed by atoms with Crippen LogP contribution in [-0.4, -0.2) is 45.5 Å². The molecule has 1 atom stereocenters. The minimum absolute atomic E-state index is 0.0620. The van der Waals surface area contributed by atoms with Crippen molar-refractivity contribution in [3.63, 3.8) is 0 Å². The normalized spacial score (nSPS) is 19.9. The zero-order valence-corrected chi connectivity index (χ0v) is 14.1. The molecule has 1 aromatic rings. The second kappa shape index (κ2) is 6.93. The van der Waals surface area contributed by atoms with E-state index in [1.54, 1.807) is 0 Å². The molecule has 1 heterocycles. The van der Waals surface area contributed by atoms with Crippen molar-refractivity contribution in [3.8, 4) is 0 Å². The van der Waals surface area contributed by atoms with Gasteiger partial charge in [-0.2, -0.15) is 5.10 Å². The Labute approximate surface area is 129 Å². The molecule has 2 rings (SSSR count). The van der Waals surface area contributed by atoms with Gasteiger partial charge in [0, 0.05) is 24.2 Å². The van der Waals surface area contributed by atoms with Crippen LogP contribution in [0.2, 0.25) is 0 Å². The van der Waals surface area contributed by atoms with Gasteiger partial charge in [-0.05, 0) is 46.3 Å². The van der Waals surface area contributed by atoms with Crippen LogP contribution < -0.4 is 0 Å². The standard InChI is InChI=1S/C17H31N3O/c1-5-14-12-15(20(6-2)18-14)13-16(21)17(19(3)4)10-8-7-9-11-17/h12,16,21H,5-11,13H2,1-4H3. The van der Waals surface area contributed by atoms with E-state index in [1.165, 1.54) is 25.0 Å². The molecule has 1 aliphatic rings. The lowest BCUT2D eigenvalue weighted by Gasteiger charge is -2.46. The highest BCUT2D eigenvalue weighted by molar-refractivity contribution is 5.13. The maximum Gasteiger partial charge on any atom is 0.0778 e. The lowest BCUT2D eigenvalue weighted by Crippen LogP contribution is -2.55. The molecule has 120 valence electrons. The molecule has 1 fully saturated rings. The van der Waals surface area contributed by atoms with E-state index in [0.717, 1.165) is 31.5 Å². The first-order chi connectivity index (χ1) is 10.0. The zero-order valence-electron chi connectivity index (χ0n) is 14.1. The van der Waals surface area contributed by atoms with Gasteiger partial charge in [-0.15, -0.1) is 0 Å². The van der Waals surface area contributed by atoms with Gasteiger partial charge in [0.25, 0.3) is 0 Å². The fourth-order valence-electron chi connectivity index (χ4n) is 3.76. The lowest BCUT2D eigenvalue weighted by atomic mass is 9.75. The summed E-state index contributed by atoms with van der Waals surface area (Å²) in [6.07, 6.45) is 7.29. The summed E-state index contributed by atoms with van der Waals surface area (Å²) < 4.78 is 2.05. The number of nitrogens with zero attached hydrogens (tertiary/aromatic N) is 3. The third kappa shape index (κ3) is 3.32. The Morgan fingerprint density at radius 2 is 1.95 bits per heavy atom. The zero-order chi connectivity index (χ0) is 15.5. The molecule has 0 spiro atoms. The summed E-state index contributed by atoms with van der Waals surface area (Å²) in [5, 5.41) is 15.6. The highest BCUT2D eigenvalue weighted by atomic mass is 16.3. The number of hydrogen-bond acceptors (Lipinski definition) is 3. The molecule has 1 N–H and O–H groups in total. The third-order valence-electron chi connectivity index (χ3n) is 5.21. The van der Waals surface area contributed by atoms with Gasteiger partial charge in [0.05, 0.1) is 11.8 Å². The maximum absolute atomic E-state index is 11.0. The van der Waals surface area contributed by atoms with Gasteiger partial charge in [-0.3, -0.25) is 4.68 Å². The molecule has 0 aromatic carbocycles. The summed E-state index contributed by atoms with van der Waals surface area (Å²) in [4.78, 5) is 2.25. The van der Waals surface area contributed by atoms with Crippen LogP contribution in [0, 0.1) is 0 Å². The first kappa shape index (κ1) is 16.5. The molecule has 21 heavy (non-hydrogen) atoms. The molecule has 4 heteroatoms. The molecule has 0 aliphatic heterocycles. The van der Waals surface area contributed by atoms with E-state index in [-0.39, 0.29) is 11.6 Å². The molecule has 4 nitrogen and oxygen atoms in total. The van der Waals surface area contributed by atoms with Crippen LogP contribution in [0.15, 0.2) is 6.07 Å². The Balaban J connectivity index is 2.18. The quantitative estimate of drug-likeness (QED) is 0.876. The van der Waals surface area contributed by atoms with Crippen molar-refractivity contribution in [3.05, 3.63) is 17.5 Å². The number of aliphatic hydroxyl groups is 1. The largest absolute Gasteiger partial charge is 0.391 e. The number of aryl methyl sites for hydroxylation is 2. The van der Waals surface area contributed by atoms with E-state index in [2.05, 4.69) is 44.0 Å². The molecular weight excluding hydrogens is 262 g/mol. The SMILES string of the molecule is CCc1cc(CC(O)C2(N(C)C)CCCCC2)n(CC)n1. The Morgan fingerprint density at radius 3 is 2.48 bits per heavy atom. The minimum atomic E-state index is -0.320. The van der Waals surface area contributed by atoms with E-state index < -0.39 is 0 Å². The van der Waals surface area contributed by atoms with E-state index in [0.29, 0.717) is 6.42 Å². The molecule has 1 unspecified atom stereocenters. The van der Waals surface area contributed by atoms with Gasteiger partial charge < -0.3 is 10.0 Å². The van der Waals surface area contributed by atoms with Crippen molar-refractivity contribution < 1.29 is 5.11 Å². The van der Waals surface area contributed by atoms with Crippen molar-refractivity contribution in [2.24, 2.45) is 0 Å². The third-order valence-corrected chi connectivity index (χ3v) is 5.21. The number of likely N-dealkylation sites (N-methyl/N-ethyl adjacent to an activating group) is 1. The van der Waals surface area contributed by atoms with Crippen molar-refractivity contribution in [1.82, 2.24) is 14.7 Å². The smallest absolute Gasteiger partial charge is 0.0778 e. The van der Waals surface area contributed by atoms with Gasteiger partial charge in [0.15, 0.2) is 0 Å². The first-order valence-corrected chi connectivity index (χ1v) is 8.44. The van der Waals surface area contributed by atoms with Crippen LogP contribution >= 0.6 is 0 Å². The Bertz CT molecular complexity index is 447. The predicted molar refractivity (Wildman–Crippen MR) is 86.5 cm³/mol. The van der Waals surface area contributed by atoms with Crippen LogP contribution in [0.5, 0.6) is 0 Å². The minimum Gasteiger partial charge on any atom is -0.391 e. The van der Waals surface area contributed by atoms with Gasteiger partial charge in [0.2, 0.25) is 0 Å². The number of rotatable bonds is 6. The summed E-state index contributed by atoms with van der Waals surface area (Å²) in [5.41, 5.74) is 2.24. The Hall–Kier alpha value is -0.870. The molecule has 1 saturated carbocycles. The van der Waals surface area contributed by atoms with Crippen LogP contribution in [0.3, 0.4) is 0 Å². The number of aromatic nitrogens is 2. The van der Waals surface area contributed by atoms with E-state index in [1.807, 2.05) is 4.68 Å². The highest BCUT2D eigenvalue weighted by Gasteiger charge is 2.41. The monoisotopic (exact) mass is 293 g/mol. The van der Waals surface area contributed by atoms with E-state index in [9.17, 15) is 5.11 Å². The van der Waals surface area contributed by atoms with Crippen LogP contribution in [0.4, 0.5) is 0 Å². The second-order valence-electron chi connectivity index (χ2n) is 6.57. The van der Waals surface area contributed by atoms with Gasteiger partial charge in [-0.1, -0.05) is 26.2 Å². The summed E-state index contributed by atoms with van der Waals surface area (Å²) in [7, 11) is 4.23. The first-order valence-electron chi connectivity index (χ1n) is 8.44. The summed E-state index contributed by atoms with van der Waals surface area (Å²) in [6.45, 7) is 5.12. The fraction of sp³-hybridized carbons (Fsp3) is 0.824. The average molecular weight is 293 g/mol. The molecular formula is C17H31N3O. The fourth-order valence-corrected chi connectivity index (χ4v) is 3.76. The Morgan fingerprint density at radius 1 is 1.29 bits per heavy atom. The molecule has 0 radical (unpaired) electrons. The van der Waals surface area contributed by atoms with Gasteiger partial charge in [0.1, 0.15) is 0 Å². The van der Waals surface area contributed by atoms with E-state index >= 15 is 0 Å². The Kier molecular flexibility index (Phi) is 5.44. The number of hydrogen-bond donors (Lipinski definition) is 1. The second-order valence-corrected chi connectivity index (χ2v) is 6.57. The van der Waals surface area contributed by atoms with Crippen molar-refractivity contribution in [2.75, 3.05) is 14.1 Å². The number of aliphatic hydroxyl groups excluding tert-OH is 1. The van der Waals surface area contributed by atoms with Crippen molar-refractivity contribution >= 4 is 0 Å². The lowest BCUT2D eigenvalue weighted by molar-refractivity contribution is -0.0319. The topological polar surface area (TPSA) is 41.3 Å². The average Bonchev–Trinajstić information content (AvgIpc) is 2.89. The van der Waals surface area contributed by atoms with Gasteiger partial charge in [-0.25, -0.2) is 0 Å². The van der Waals surface area contributed by atoms with Crippen molar-refractivity contribution in [1.29, 1.82) is 0 Å². The van der Waals surface area contributed by atoms with Gasteiger partial charge >= 0.3 is 0 Å². The van der Waals surface area contributed by atoms with Crippen LogP contribution in [-0.2, 0) is 19.4 Å². The predicted octanol–water partition coefficient (Wildman–Crippen LogP) is 2.63. The maximum atomic E-state index is 11.0. The molecule has 0 amide bonds. The summed E-state index contributed by atoms with van der Waals surface area (Å²) >= 11 is 0.